The molecule has 0 heterocycles. The zero-order valence-electron chi connectivity index (χ0n) is 40.2. The Labute approximate surface area is 396 Å². The van der Waals surface area contributed by atoms with E-state index in [0.717, 1.165) is 65.2 Å². The van der Waals surface area contributed by atoms with E-state index in [9.17, 15) is 28.8 Å². The van der Waals surface area contributed by atoms with E-state index >= 15 is 0 Å². The third-order valence-electron chi connectivity index (χ3n) is 10.2. The number of nitrogens with zero attached hydrogens (tertiary/aromatic N) is 6. The topological polar surface area (TPSA) is 196 Å². The maximum absolute atomic E-state index is 10.2. The van der Waals surface area contributed by atoms with Gasteiger partial charge in [-0.05, 0) is 182 Å². The Bertz CT molecular complexity index is 2180. The van der Waals surface area contributed by atoms with Crippen molar-refractivity contribution in [3.63, 3.8) is 0 Å². The van der Waals surface area contributed by atoms with Crippen LogP contribution in [0.2, 0.25) is 78.6 Å². The molecule has 0 atom stereocenters. The third-order valence-corrected chi connectivity index (χ3v) is 20.5. The van der Waals surface area contributed by atoms with Gasteiger partial charge in [0.2, 0.25) is 49.9 Å². The molecule has 6 rings (SSSR count). The molecule has 0 amide bonds. The fourth-order valence-electron chi connectivity index (χ4n) is 6.04. The predicted octanol–water partition coefficient (Wildman–Crippen LogP) is 8.73. The molecule has 6 N–H and O–H groups in total. The van der Waals surface area contributed by atoms with Gasteiger partial charge in [0, 0.05) is 0 Å². The Kier molecular flexibility index (Phi) is 18.2. The standard InChI is InChI=1S/3C16H22N2O2Si2/c3*1-21(2,19)15-9-5-7-13(11-15)17-18-14-8-6-10-16(12-14)22(3,4)20/h3*5-12,19-20H,1-4H3. The third kappa shape index (κ3) is 17.8. The first-order chi connectivity index (χ1) is 30.5. The fraction of sp³-hybridized carbons (Fsp3) is 0.250. The molecule has 0 aliphatic rings. The minimum absolute atomic E-state index is 0.720. The van der Waals surface area contributed by atoms with Crippen molar-refractivity contribution >= 4 is 115 Å². The van der Waals surface area contributed by atoms with E-state index in [4.69, 9.17) is 0 Å². The Morgan fingerprint density at radius 2 is 0.348 bits per heavy atom. The summed E-state index contributed by atoms with van der Waals surface area (Å²) in [5, 5.41) is 31.1. The molecule has 0 saturated heterocycles. The lowest BCUT2D eigenvalue weighted by atomic mass is 10.3. The summed E-state index contributed by atoms with van der Waals surface area (Å²) in [5.41, 5.74) is 4.32. The molecule has 0 spiro atoms. The van der Waals surface area contributed by atoms with Crippen LogP contribution < -0.4 is 31.1 Å². The molecule has 348 valence electrons. The van der Waals surface area contributed by atoms with Crippen LogP contribution >= 0.6 is 0 Å². The average molecular weight is 992 g/mol. The van der Waals surface area contributed by atoms with Crippen molar-refractivity contribution in [1.82, 2.24) is 0 Å². The molecule has 0 bridgehead atoms. The van der Waals surface area contributed by atoms with E-state index in [1.54, 1.807) is 0 Å². The van der Waals surface area contributed by atoms with Crippen molar-refractivity contribution in [3.8, 4) is 0 Å². The van der Waals surface area contributed by atoms with Crippen molar-refractivity contribution in [3.05, 3.63) is 146 Å². The second-order valence-corrected chi connectivity index (χ2v) is 41.4. The van der Waals surface area contributed by atoms with Gasteiger partial charge in [-0.25, -0.2) is 0 Å². The van der Waals surface area contributed by atoms with Gasteiger partial charge in [0.05, 0.1) is 34.1 Å². The molecule has 0 aliphatic heterocycles. The Balaban J connectivity index is 0.000000216. The Morgan fingerprint density at radius 3 is 0.455 bits per heavy atom. The van der Waals surface area contributed by atoms with Gasteiger partial charge in [-0.2, -0.15) is 30.7 Å². The van der Waals surface area contributed by atoms with Gasteiger partial charge in [0.15, 0.2) is 0 Å². The highest BCUT2D eigenvalue weighted by molar-refractivity contribution is 6.85. The van der Waals surface area contributed by atoms with Crippen LogP contribution in [0.1, 0.15) is 0 Å². The fourth-order valence-corrected chi connectivity index (χ4v) is 12.1. The molecule has 12 nitrogen and oxygen atoms in total. The molecule has 0 aliphatic carbocycles. The van der Waals surface area contributed by atoms with Crippen LogP contribution in [0.4, 0.5) is 34.1 Å². The second-order valence-electron chi connectivity index (χ2n) is 19.3. The van der Waals surface area contributed by atoms with Crippen molar-refractivity contribution in [2.45, 2.75) is 78.6 Å². The molecule has 0 saturated carbocycles. The van der Waals surface area contributed by atoms with Gasteiger partial charge in [-0.1, -0.05) is 72.8 Å². The lowest BCUT2D eigenvalue weighted by molar-refractivity contribution is 0.567. The zero-order valence-corrected chi connectivity index (χ0v) is 46.2. The van der Waals surface area contributed by atoms with Gasteiger partial charge >= 0.3 is 0 Å². The summed E-state index contributed by atoms with van der Waals surface area (Å²) < 4.78 is 0. The Morgan fingerprint density at radius 1 is 0.227 bits per heavy atom. The van der Waals surface area contributed by atoms with Gasteiger partial charge in [-0.15, -0.1) is 0 Å². The van der Waals surface area contributed by atoms with E-state index in [2.05, 4.69) is 30.7 Å². The molecule has 6 aromatic carbocycles. The highest BCUT2D eigenvalue weighted by atomic mass is 28.4. The molecular formula is C48H66N6O6Si6. The van der Waals surface area contributed by atoms with Crippen molar-refractivity contribution in [2.24, 2.45) is 30.7 Å². The minimum Gasteiger partial charge on any atom is -0.428 e. The van der Waals surface area contributed by atoms with Crippen LogP contribution in [0.3, 0.4) is 0 Å². The first-order valence-corrected chi connectivity index (χ1v) is 39.4. The Hall–Kier alpha value is -4.82. The normalized spacial score (nSPS) is 12.8. The highest BCUT2D eigenvalue weighted by Gasteiger charge is 2.24. The van der Waals surface area contributed by atoms with Crippen molar-refractivity contribution < 1.29 is 28.8 Å². The maximum atomic E-state index is 10.2. The average Bonchev–Trinajstić information content (AvgIpc) is 3.23. The summed E-state index contributed by atoms with van der Waals surface area (Å²) in [5.74, 6) is 0. The van der Waals surface area contributed by atoms with E-state index < -0.39 is 49.9 Å². The number of hydrogen-bond donors (Lipinski definition) is 6. The van der Waals surface area contributed by atoms with Crippen molar-refractivity contribution in [1.29, 1.82) is 0 Å². The van der Waals surface area contributed by atoms with Crippen LogP contribution in [0.5, 0.6) is 0 Å². The number of rotatable bonds is 12. The molecule has 0 aromatic heterocycles. The second kappa shape index (κ2) is 22.3. The van der Waals surface area contributed by atoms with E-state index in [-0.39, 0.29) is 0 Å². The first-order valence-electron chi connectivity index (χ1n) is 21.7. The molecular weight excluding hydrogens is 925 g/mol. The zero-order chi connectivity index (χ0) is 49.1. The summed E-state index contributed by atoms with van der Waals surface area (Å²) in [7, 11) is -14.0. The summed E-state index contributed by atoms with van der Waals surface area (Å²) in [4.78, 5) is 61.0. The smallest absolute Gasteiger partial charge is 0.214 e. The molecule has 6 aromatic rings. The van der Waals surface area contributed by atoms with Gasteiger partial charge in [0.25, 0.3) is 0 Å². The summed E-state index contributed by atoms with van der Waals surface area (Å²) in [6, 6.07) is 45.3. The number of azo groups is 3. The predicted molar refractivity (Wildman–Crippen MR) is 287 cm³/mol. The monoisotopic (exact) mass is 990 g/mol. The quantitative estimate of drug-likeness (QED) is 0.0524. The SMILES string of the molecule is C[Si](C)(O)c1cccc(N=Nc2cccc([Si](C)(C)O)c2)c1.C[Si](C)(O)c1cccc(N=Nc2cccc([Si](C)(C)O)c2)c1.C[Si](C)(O)c1cccc(N=Nc2cccc([Si](C)(C)O)c2)c1. The van der Waals surface area contributed by atoms with Gasteiger partial charge in [-0.3, -0.25) is 0 Å². The van der Waals surface area contributed by atoms with Crippen LogP contribution in [0.25, 0.3) is 0 Å². The maximum Gasteiger partial charge on any atom is 0.214 e. The number of hydrogen-bond acceptors (Lipinski definition) is 12. The van der Waals surface area contributed by atoms with Crippen LogP contribution in [0, 0.1) is 0 Å². The van der Waals surface area contributed by atoms with E-state index in [0.29, 0.717) is 0 Å². The summed E-state index contributed by atoms with van der Waals surface area (Å²) >= 11 is 0. The molecule has 0 radical (unpaired) electrons. The largest absolute Gasteiger partial charge is 0.428 e. The van der Waals surface area contributed by atoms with E-state index in [1.807, 2.05) is 224 Å². The minimum atomic E-state index is -2.34. The van der Waals surface area contributed by atoms with Gasteiger partial charge < -0.3 is 28.8 Å². The molecule has 0 fully saturated rings. The highest BCUT2D eigenvalue weighted by Crippen LogP contribution is 2.21. The van der Waals surface area contributed by atoms with E-state index in [1.165, 1.54) is 0 Å². The number of benzene rings is 6. The van der Waals surface area contributed by atoms with Gasteiger partial charge in [0.1, 0.15) is 0 Å². The summed E-state index contributed by atoms with van der Waals surface area (Å²) in [6.45, 7) is 22.5. The van der Waals surface area contributed by atoms with Crippen LogP contribution in [-0.2, 0) is 0 Å². The lowest BCUT2D eigenvalue weighted by Crippen LogP contribution is -2.41. The molecule has 0 unspecified atom stereocenters. The van der Waals surface area contributed by atoms with Crippen LogP contribution in [0.15, 0.2) is 176 Å². The molecule has 18 heteroatoms. The lowest BCUT2D eigenvalue weighted by Gasteiger charge is -2.14. The summed E-state index contributed by atoms with van der Waals surface area (Å²) in [6.07, 6.45) is 0. The van der Waals surface area contributed by atoms with Crippen molar-refractivity contribution in [2.75, 3.05) is 0 Å². The first kappa shape index (κ1) is 53.8. The molecule has 66 heavy (non-hydrogen) atoms. The van der Waals surface area contributed by atoms with Crippen LogP contribution in [-0.4, -0.2) is 78.7 Å².